The highest BCUT2D eigenvalue weighted by atomic mass is 16.5. The second-order valence-corrected chi connectivity index (χ2v) is 5.06. The Morgan fingerprint density at radius 3 is 2.81 bits per heavy atom. The molecule has 1 saturated heterocycles. The average molecular weight is 227 g/mol. The Hall–Kier alpha value is -0.610. The third kappa shape index (κ3) is 2.95. The lowest BCUT2D eigenvalue weighted by Crippen LogP contribution is -2.48. The molecule has 92 valence electrons. The van der Waals surface area contributed by atoms with E-state index in [9.17, 15) is 4.79 Å². The topological polar surface area (TPSA) is 58.6 Å². The van der Waals surface area contributed by atoms with Gasteiger partial charge in [-0.3, -0.25) is 4.79 Å². The number of nitrogens with one attached hydrogen (secondary N) is 1. The maximum atomic E-state index is 10.5. The fraction of sp³-hybridized carbons (Fsp3) is 0.917. The van der Waals surface area contributed by atoms with Crippen LogP contribution in [0.3, 0.4) is 0 Å². The van der Waals surface area contributed by atoms with Crippen LogP contribution in [-0.2, 0) is 9.53 Å². The van der Waals surface area contributed by atoms with Crippen LogP contribution in [-0.4, -0.2) is 35.9 Å². The Labute approximate surface area is 96.4 Å². The molecule has 0 amide bonds. The highest BCUT2D eigenvalue weighted by Crippen LogP contribution is 2.38. The lowest BCUT2D eigenvalue weighted by atomic mass is 9.78. The van der Waals surface area contributed by atoms with Crippen LogP contribution in [0.25, 0.3) is 0 Å². The molecular formula is C12H21NO3. The van der Waals surface area contributed by atoms with Gasteiger partial charge in [-0.15, -0.1) is 0 Å². The van der Waals surface area contributed by atoms with E-state index in [0.717, 1.165) is 32.3 Å². The van der Waals surface area contributed by atoms with Crippen LogP contribution in [0.2, 0.25) is 0 Å². The van der Waals surface area contributed by atoms with Crippen molar-refractivity contribution in [2.24, 2.45) is 0 Å². The third-order valence-electron chi connectivity index (χ3n) is 3.80. The molecule has 0 aromatic rings. The predicted molar refractivity (Wildman–Crippen MR) is 60.4 cm³/mol. The van der Waals surface area contributed by atoms with E-state index in [0.29, 0.717) is 6.04 Å². The second-order valence-electron chi connectivity index (χ2n) is 5.06. The Morgan fingerprint density at radius 2 is 2.12 bits per heavy atom. The number of hydrogen-bond acceptors (Lipinski definition) is 3. The normalized spacial score (nSPS) is 29.1. The summed E-state index contributed by atoms with van der Waals surface area (Å²) in [6, 6.07) is 0.322. The molecule has 1 saturated carbocycles. The summed E-state index contributed by atoms with van der Waals surface area (Å²) in [5.41, 5.74) is 0.0622. The van der Waals surface area contributed by atoms with Crippen molar-refractivity contribution in [2.75, 3.05) is 13.2 Å². The van der Waals surface area contributed by atoms with Gasteiger partial charge in [0.25, 0.3) is 0 Å². The largest absolute Gasteiger partial charge is 0.480 e. The first-order chi connectivity index (χ1) is 7.70. The monoisotopic (exact) mass is 227 g/mol. The summed E-state index contributed by atoms with van der Waals surface area (Å²) in [5.74, 6) is -0.774. The van der Waals surface area contributed by atoms with Crippen LogP contribution in [0.1, 0.15) is 44.9 Å². The summed E-state index contributed by atoms with van der Waals surface area (Å²) in [5, 5.41) is 11.8. The molecular weight excluding hydrogens is 206 g/mol. The fourth-order valence-corrected chi connectivity index (χ4v) is 2.98. The molecule has 1 heterocycles. The number of carboxylic acid groups (broad SMARTS) is 1. The van der Waals surface area contributed by atoms with Gasteiger partial charge in [0.15, 0.2) is 0 Å². The number of aliphatic carboxylic acids is 1. The molecule has 1 aliphatic heterocycles. The zero-order valence-corrected chi connectivity index (χ0v) is 9.71. The summed E-state index contributed by atoms with van der Waals surface area (Å²) in [6.07, 6.45) is 8.06. The van der Waals surface area contributed by atoms with E-state index in [1.54, 1.807) is 0 Å². The Balaban J connectivity index is 1.85. The molecule has 1 aliphatic carbocycles. The molecule has 0 aromatic heterocycles. The van der Waals surface area contributed by atoms with Crippen molar-refractivity contribution in [2.45, 2.75) is 56.6 Å². The summed E-state index contributed by atoms with van der Waals surface area (Å²) < 4.78 is 5.96. The lowest BCUT2D eigenvalue weighted by molar-refractivity contribution is -0.137. The van der Waals surface area contributed by atoms with Gasteiger partial charge < -0.3 is 15.2 Å². The molecule has 0 bridgehead atoms. The van der Waals surface area contributed by atoms with Crippen LogP contribution in [0.15, 0.2) is 0 Å². The molecule has 0 aromatic carbocycles. The number of carboxylic acids is 1. The molecule has 16 heavy (non-hydrogen) atoms. The van der Waals surface area contributed by atoms with Gasteiger partial charge in [-0.1, -0.05) is 19.3 Å². The quantitative estimate of drug-likeness (QED) is 0.768. The number of rotatable bonds is 3. The smallest absolute Gasteiger partial charge is 0.317 e. The van der Waals surface area contributed by atoms with E-state index in [2.05, 4.69) is 5.32 Å². The Bertz CT molecular complexity index is 243. The average Bonchev–Trinajstić information content (AvgIpc) is 2.28. The van der Waals surface area contributed by atoms with Crippen LogP contribution in [0.5, 0.6) is 0 Å². The minimum Gasteiger partial charge on any atom is -0.480 e. The van der Waals surface area contributed by atoms with E-state index in [1.165, 1.54) is 19.3 Å². The molecule has 0 radical (unpaired) electrons. The summed E-state index contributed by atoms with van der Waals surface area (Å²) in [7, 11) is 0. The van der Waals surface area contributed by atoms with E-state index in [1.807, 2.05) is 0 Å². The molecule has 2 N–H and O–H groups in total. The molecule has 2 fully saturated rings. The second kappa shape index (κ2) is 5.15. The van der Waals surface area contributed by atoms with Gasteiger partial charge in [0.1, 0.15) is 0 Å². The zero-order valence-electron chi connectivity index (χ0n) is 9.71. The van der Waals surface area contributed by atoms with Crippen molar-refractivity contribution >= 4 is 5.97 Å². The number of carbonyl (C=O) groups is 1. The molecule has 1 spiro atoms. The van der Waals surface area contributed by atoms with Crippen LogP contribution in [0, 0.1) is 0 Å². The Morgan fingerprint density at radius 1 is 1.38 bits per heavy atom. The summed E-state index contributed by atoms with van der Waals surface area (Å²) in [4.78, 5) is 10.5. The SMILES string of the molecule is O=C(O)CNC1CCOC2(CCCCC2)C1. The van der Waals surface area contributed by atoms with Crippen molar-refractivity contribution in [3.05, 3.63) is 0 Å². The van der Waals surface area contributed by atoms with Gasteiger partial charge in [0, 0.05) is 12.6 Å². The highest BCUT2D eigenvalue weighted by Gasteiger charge is 2.38. The van der Waals surface area contributed by atoms with Gasteiger partial charge in [-0.2, -0.15) is 0 Å². The first-order valence-electron chi connectivity index (χ1n) is 6.29. The van der Waals surface area contributed by atoms with E-state index < -0.39 is 5.97 Å². The van der Waals surface area contributed by atoms with Crippen molar-refractivity contribution in [1.82, 2.24) is 5.32 Å². The zero-order chi connectivity index (χ0) is 11.4. The first-order valence-corrected chi connectivity index (χ1v) is 6.29. The Kier molecular flexibility index (Phi) is 3.82. The minimum atomic E-state index is -0.774. The highest BCUT2D eigenvalue weighted by molar-refractivity contribution is 5.69. The predicted octanol–water partition coefficient (Wildman–Crippen LogP) is 1.54. The van der Waals surface area contributed by atoms with Crippen LogP contribution >= 0.6 is 0 Å². The van der Waals surface area contributed by atoms with Gasteiger partial charge >= 0.3 is 5.97 Å². The van der Waals surface area contributed by atoms with E-state index in [4.69, 9.17) is 9.84 Å². The van der Waals surface area contributed by atoms with Gasteiger partial charge in [-0.25, -0.2) is 0 Å². The maximum Gasteiger partial charge on any atom is 0.317 e. The summed E-state index contributed by atoms with van der Waals surface area (Å²) in [6.45, 7) is 0.845. The third-order valence-corrected chi connectivity index (χ3v) is 3.80. The van der Waals surface area contributed by atoms with Gasteiger partial charge in [0.05, 0.1) is 12.1 Å². The summed E-state index contributed by atoms with van der Waals surface area (Å²) >= 11 is 0. The van der Waals surface area contributed by atoms with Crippen molar-refractivity contribution in [1.29, 1.82) is 0 Å². The molecule has 2 aliphatic rings. The number of ether oxygens (including phenoxy) is 1. The molecule has 1 unspecified atom stereocenters. The van der Waals surface area contributed by atoms with Crippen molar-refractivity contribution in [3.63, 3.8) is 0 Å². The van der Waals surface area contributed by atoms with Crippen LogP contribution in [0.4, 0.5) is 0 Å². The maximum absolute atomic E-state index is 10.5. The van der Waals surface area contributed by atoms with E-state index in [-0.39, 0.29) is 12.1 Å². The standard InChI is InChI=1S/C12H21NO3/c14-11(15)9-13-10-4-7-16-12(8-10)5-2-1-3-6-12/h10,13H,1-9H2,(H,14,15). The van der Waals surface area contributed by atoms with Crippen LogP contribution < -0.4 is 5.32 Å². The lowest BCUT2D eigenvalue weighted by Gasteiger charge is -2.43. The molecule has 4 heteroatoms. The van der Waals surface area contributed by atoms with Crippen molar-refractivity contribution in [3.8, 4) is 0 Å². The van der Waals surface area contributed by atoms with Gasteiger partial charge in [-0.05, 0) is 25.7 Å². The molecule has 2 rings (SSSR count). The number of hydrogen-bond donors (Lipinski definition) is 2. The molecule has 4 nitrogen and oxygen atoms in total. The van der Waals surface area contributed by atoms with Crippen molar-refractivity contribution < 1.29 is 14.6 Å². The van der Waals surface area contributed by atoms with E-state index >= 15 is 0 Å². The molecule has 1 atom stereocenters. The fourth-order valence-electron chi connectivity index (χ4n) is 2.98. The minimum absolute atomic E-state index is 0.0622. The van der Waals surface area contributed by atoms with Gasteiger partial charge in [0.2, 0.25) is 0 Å². The first kappa shape index (κ1) is 11.9.